The Kier molecular flexibility index (Phi) is 8.02. The van der Waals surface area contributed by atoms with E-state index in [0.29, 0.717) is 23.6 Å². The molecule has 3 N–H and O–H groups in total. The number of aromatic nitrogens is 2. The Morgan fingerprint density at radius 3 is 2.65 bits per heavy atom. The predicted molar refractivity (Wildman–Crippen MR) is 121 cm³/mol. The zero-order chi connectivity index (χ0) is 22.2. The van der Waals surface area contributed by atoms with Crippen LogP contribution < -0.4 is 15.5 Å². The lowest BCUT2D eigenvalue weighted by Gasteiger charge is -2.26. The molecule has 0 atom stereocenters. The number of rotatable bonds is 9. The van der Waals surface area contributed by atoms with Crippen molar-refractivity contribution in [3.05, 3.63) is 41.1 Å². The van der Waals surface area contributed by atoms with Gasteiger partial charge in [-0.25, -0.2) is 0 Å². The molecule has 2 aromatic rings. The second kappa shape index (κ2) is 10.9. The Hall–Kier alpha value is -2.91. The third-order valence-corrected chi connectivity index (χ3v) is 5.30. The van der Waals surface area contributed by atoms with Crippen LogP contribution in [0.4, 0.5) is 5.82 Å². The normalized spacial score (nSPS) is 15.1. The van der Waals surface area contributed by atoms with Crippen LogP contribution in [0.1, 0.15) is 30.7 Å². The van der Waals surface area contributed by atoms with E-state index in [1.54, 1.807) is 6.07 Å². The maximum Gasteiger partial charge on any atom is 0.319 e. The highest BCUT2D eigenvalue weighted by Crippen LogP contribution is 2.24. The van der Waals surface area contributed by atoms with E-state index < -0.39 is 0 Å². The van der Waals surface area contributed by atoms with Gasteiger partial charge in [-0.3, -0.25) is 4.90 Å². The van der Waals surface area contributed by atoms with Crippen molar-refractivity contribution in [2.24, 2.45) is 10.9 Å². The lowest BCUT2D eigenvalue weighted by molar-refractivity contribution is 0.0317. The molecular weight excluding hydrogens is 396 g/mol. The first-order valence-electron chi connectivity index (χ1n) is 10.7. The van der Waals surface area contributed by atoms with Crippen molar-refractivity contribution in [3.8, 4) is 11.8 Å². The van der Waals surface area contributed by atoms with Crippen LogP contribution in [0.5, 0.6) is 11.8 Å². The molecule has 1 fully saturated rings. The van der Waals surface area contributed by atoms with Crippen LogP contribution in [-0.2, 0) is 4.74 Å². The van der Waals surface area contributed by atoms with E-state index in [0.717, 1.165) is 57.3 Å². The van der Waals surface area contributed by atoms with Crippen LogP contribution in [0.25, 0.3) is 0 Å². The standard InChI is InChI=1S/C22H32N6O3/c1-4-28(5-2)20-15-18(21(26-23)17-14-16(3)6-7-19(17)29)24-22(25-20)31-13-10-27-8-11-30-12-9-27/h6-7,14-15,29H,4-5,8-13,23H2,1-3H3. The molecule has 3 rings (SSSR count). The maximum absolute atomic E-state index is 10.4. The summed E-state index contributed by atoms with van der Waals surface area (Å²) in [6, 6.07) is 7.38. The number of hydrogen-bond donors (Lipinski definition) is 2. The third-order valence-electron chi connectivity index (χ3n) is 5.30. The van der Waals surface area contributed by atoms with Crippen molar-refractivity contribution in [2.75, 3.05) is 57.4 Å². The third kappa shape index (κ3) is 5.83. The number of nitrogens with two attached hydrogens (primary N) is 1. The number of hydrazone groups is 1. The largest absolute Gasteiger partial charge is 0.507 e. The smallest absolute Gasteiger partial charge is 0.319 e. The summed E-state index contributed by atoms with van der Waals surface area (Å²) in [6.45, 7) is 12.2. The van der Waals surface area contributed by atoms with Crippen molar-refractivity contribution in [1.82, 2.24) is 14.9 Å². The molecule has 1 aromatic heterocycles. The summed E-state index contributed by atoms with van der Waals surface area (Å²) in [5.74, 6) is 6.56. The minimum Gasteiger partial charge on any atom is -0.507 e. The molecule has 0 amide bonds. The summed E-state index contributed by atoms with van der Waals surface area (Å²) in [5.41, 5.74) is 2.39. The number of hydrogen-bond acceptors (Lipinski definition) is 9. The van der Waals surface area contributed by atoms with Crippen LogP contribution in [0.2, 0.25) is 0 Å². The zero-order valence-electron chi connectivity index (χ0n) is 18.5. The molecule has 9 heteroatoms. The van der Waals surface area contributed by atoms with Crippen molar-refractivity contribution >= 4 is 11.5 Å². The van der Waals surface area contributed by atoms with Gasteiger partial charge in [0.25, 0.3) is 0 Å². The van der Waals surface area contributed by atoms with Gasteiger partial charge in [0.2, 0.25) is 0 Å². The van der Waals surface area contributed by atoms with Gasteiger partial charge in [0.05, 0.1) is 13.2 Å². The lowest BCUT2D eigenvalue weighted by Crippen LogP contribution is -2.38. The molecular formula is C22H32N6O3. The van der Waals surface area contributed by atoms with Gasteiger partial charge in [-0.2, -0.15) is 15.1 Å². The molecule has 1 aliphatic rings. The second-order valence-corrected chi connectivity index (χ2v) is 7.37. The number of ether oxygens (including phenoxy) is 2. The molecule has 9 nitrogen and oxygen atoms in total. The summed E-state index contributed by atoms with van der Waals surface area (Å²) in [6.07, 6.45) is 0. The average molecular weight is 429 g/mol. The van der Waals surface area contributed by atoms with Crippen LogP contribution in [0.15, 0.2) is 29.4 Å². The van der Waals surface area contributed by atoms with Crippen LogP contribution in [0, 0.1) is 6.92 Å². The van der Waals surface area contributed by atoms with Gasteiger partial charge in [-0.1, -0.05) is 11.6 Å². The fourth-order valence-corrected chi connectivity index (χ4v) is 3.51. The Morgan fingerprint density at radius 2 is 1.97 bits per heavy atom. The predicted octanol–water partition coefficient (Wildman–Crippen LogP) is 1.76. The Balaban J connectivity index is 1.89. The summed E-state index contributed by atoms with van der Waals surface area (Å²) < 4.78 is 11.3. The highest BCUT2D eigenvalue weighted by Gasteiger charge is 2.19. The quantitative estimate of drug-likeness (QED) is 0.353. The monoisotopic (exact) mass is 428 g/mol. The van der Waals surface area contributed by atoms with E-state index in [2.05, 4.69) is 38.7 Å². The molecule has 2 heterocycles. The summed E-state index contributed by atoms with van der Waals surface area (Å²) in [5, 5.41) is 14.3. The SMILES string of the molecule is CCN(CC)c1cc(C(=NN)c2cc(C)ccc2O)nc(OCCN2CCOCC2)n1. The first kappa shape index (κ1) is 22.8. The number of morpholine rings is 1. The van der Waals surface area contributed by atoms with Gasteiger partial charge in [-0.05, 0) is 32.9 Å². The Labute approximate surface area is 183 Å². The van der Waals surface area contributed by atoms with Gasteiger partial charge in [0.1, 0.15) is 29.6 Å². The minimum absolute atomic E-state index is 0.0904. The fourth-order valence-electron chi connectivity index (χ4n) is 3.51. The molecule has 31 heavy (non-hydrogen) atoms. The number of aromatic hydroxyl groups is 1. The molecule has 0 bridgehead atoms. The summed E-state index contributed by atoms with van der Waals surface area (Å²) in [4.78, 5) is 13.5. The first-order chi connectivity index (χ1) is 15.0. The van der Waals surface area contributed by atoms with Crippen molar-refractivity contribution in [3.63, 3.8) is 0 Å². The van der Waals surface area contributed by atoms with Gasteiger partial charge in [0, 0.05) is 44.4 Å². The highest BCUT2D eigenvalue weighted by atomic mass is 16.5. The van der Waals surface area contributed by atoms with E-state index in [-0.39, 0.29) is 11.8 Å². The summed E-state index contributed by atoms with van der Waals surface area (Å²) in [7, 11) is 0. The number of benzene rings is 1. The molecule has 0 spiro atoms. The molecule has 168 valence electrons. The van der Waals surface area contributed by atoms with Crippen molar-refractivity contribution in [2.45, 2.75) is 20.8 Å². The van der Waals surface area contributed by atoms with Gasteiger partial charge in [-0.15, -0.1) is 0 Å². The molecule has 1 aromatic carbocycles. The average Bonchev–Trinajstić information content (AvgIpc) is 2.78. The Bertz CT molecular complexity index is 895. The zero-order valence-corrected chi connectivity index (χ0v) is 18.5. The molecule has 0 radical (unpaired) electrons. The van der Waals surface area contributed by atoms with Gasteiger partial charge >= 0.3 is 6.01 Å². The number of aryl methyl sites for hydroxylation is 1. The van der Waals surface area contributed by atoms with E-state index >= 15 is 0 Å². The van der Waals surface area contributed by atoms with Crippen LogP contribution in [-0.4, -0.2) is 78.2 Å². The van der Waals surface area contributed by atoms with Crippen LogP contribution >= 0.6 is 0 Å². The first-order valence-corrected chi connectivity index (χ1v) is 10.7. The number of phenolic OH excluding ortho intramolecular Hbond substituents is 1. The lowest BCUT2D eigenvalue weighted by atomic mass is 10.0. The second-order valence-electron chi connectivity index (χ2n) is 7.37. The molecule has 0 aliphatic carbocycles. The summed E-state index contributed by atoms with van der Waals surface area (Å²) >= 11 is 0. The van der Waals surface area contributed by atoms with E-state index in [9.17, 15) is 5.11 Å². The molecule has 1 saturated heterocycles. The number of anilines is 1. The topological polar surface area (TPSA) is 109 Å². The van der Waals surface area contributed by atoms with Crippen LogP contribution in [0.3, 0.4) is 0 Å². The maximum atomic E-state index is 10.4. The molecule has 0 unspecified atom stereocenters. The van der Waals surface area contributed by atoms with Gasteiger partial charge < -0.3 is 25.3 Å². The molecule has 1 aliphatic heterocycles. The van der Waals surface area contributed by atoms with Crippen molar-refractivity contribution < 1.29 is 14.6 Å². The fraction of sp³-hybridized carbons (Fsp3) is 0.500. The Morgan fingerprint density at radius 1 is 1.23 bits per heavy atom. The van der Waals surface area contributed by atoms with E-state index in [1.165, 1.54) is 0 Å². The van der Waals surface area contributed by atoms with E-state index in [4.69, 9.17) is 15.3 Å². The van der Waals surface area contributed by atoms with Gasteiger partial charge in [0.15, 0.2) is 0 Å². The van der Waals surface area contributed by atoms with Crippen molar-refractivity contribution in [1.29, 1.82) is 0 Å². The minimum atomic E-state index is 0.0904. The highest BCUT2D eigenvalue weighted by molar-refractivity contribution is 6.13. The number of phenols is 1. The number of nitrogens with zero attached hydrogens (tertiary/aromatic N) is 5. The molecule has 0 saturated carbocycles. The van der Waals surface area contributed by atoms with E-state index in [1.807, 2.05) is 25.1 Å².